The van der Waals surface area contributed by atoms with Gasteiger partial charge in [-0.25, -0.2) is 13.1 Å². The maximum Gasteiger partial charge on any atom is 0.212 e. The van der Waals surface area contributed by atoms with Crippen LogP contribution in [0.25, 0.3) is 0 Å². The molecule has 0 aliphatic carbocycles. The van der Waals surface area contributed by atoms with Crippen LogP contribution in [0.3, 0.4) is 0 Å². The molecule has 0 amide bonds. The summed E-state index contributed by atoms with van der Waals surface area (Å²) in [5.74, 6) is 1.61. The minimum Gasteiger partial charge on any atom is -0.493 e. The van der Waals surface area contributed by atoms with Crippen LogP contribution in [0.4, 0.5) is 0 Å². The first-order chi connectivity index (χ1) is 14.3. The lowest BCUT2D eigenvalue weighted by molar-refractivity contribution is 0.111. The maximum absolute atomic E-state index is 12.8. The molecule has 0 bridgehead atoms. The van der Waals surface area contributed by atoms with Crippen LogP contribution in [-0.4, -0.2) is 34.0 Å². The van der Waals surface area contributed by atoms with E-state index in [2.05, 4.69) is 32.4 Å². The Morgan fingerprint density at radius 2 is 1.53 bits per heavy atom. The second-order valence-electron chi connectivity index (χ2n) is 8.38. The molecule has 0 spiro atoms. The molecule has 6 heteroatoms. The molecule has 0 radical (unpaired) electrons. The van der Waals surface area contributed by atoms with Gasteiger partial charge in [-0.3, -0.25) is 0 Å². The average molecular weight is 434 g/mol. The van der Waals surface area contributed by atoms with Gasteiger partial charge < -0.3 is 9.47 Å². The molecule has 2 rings (SSSR count). The highest BCUT2D eigenvalue weighted by Crippen LogP contribution is 2.26. The van der Waals surface area contributed by atoms with E-state index in [1.165, 1.54) is 0 Å². The second kappa shape index (κ2) is 12.1. The molecule has 0 fully saturated rings. The summed E-state index contributed by atoms with van der Waals surface area (Å²) in [6.07, 6.45) is 0.459. The largest absolute Gasteiger partial charge is 0.493 e. The first-order valence-electron chi connectivity index (χ1n) is 10.6. The zero-order chi connectivity index (χ0) is 22.0. The average Bonchev–Trinajstić information content (AvgIpc) is 2.71. The van der Waals surface area contributed by atoms with Crippen molar-refractivity contribution in [3.63, 3.8) is 0 Å². The summed E-state index contributed by atoms with van der Waals surface area (Å²) in [6.45, 7) is 10.0. The lowest BCUT2D eigenvalue weighted by Gasteiger charge is -2.21. The van der Waals surface area contributed by atoms with Gasteiger partial charge in [0.1, 0.15) is 5.75 Å². The highest BCUT2D eigenvalue weighted by Gasteiger charge is 2.21. The topological polar surface area (TPSA) is 64.6 Å². The summed E-state index contributed by atoms with van der Waals surface area (Å²) in [5.41, 5.74) is 1.74. The summed E-state index contributed by atoms with van der Waals surface area (Å²) in [4.78, 5) is 0. The van der Waals surface area contributed by atoms with Crippen molar-refractivity contribution in [1.82, 2.24) is 4.72 Å². The second-order valence-corrected chi connectivity index (χ2v) is 10.3. The maximum atomic E-state index is 12.8. The molecular formula is C24H35NO4S. The van der Waals surface area contributed by atoms with E-state index in [1.807, 2.05) is 54.6 Å². The van der Waals surface area contributed by atoms with E-state index in [4.69, 9.17) is 9.47 Å². The summed E-state index contributed by atoms with van der Waals surface area (Å²) in [6, 6.07) is 16.8. The monoisotopic (exact) mass is 433 g/mol. The van der Waals surface area contributed by atoms with Gasteiger partial charge in [-0.1, -0.05) is 70.2 Å². The van der Waals surface area contributed by atoms with E-state index in [9.17, 15) is 8.42 Å². The van der Waals surface area contributed by atoms with Gasteiger partial charge >= 0.3 is 0 Å². The summed E-state index contributed by atoms with van der Waals surface area (Å²) in [5, 5.41) is 0. The Balaban J connectivity index is 2.14. The first kappa shape index (κ1) is 24.4. The SMILES string of the molecule is CC(C)COCCCS(=O)(=O)NC(c1ccccc1)c1cccc(OCC(C)C)c1. The third kappa shape index (κ3) is 8.86. The first-order valence-corrected chi connectivity index (χ1v) is 12.3. The molecule has 0 saturated carbocycles. The van der Waals surface area contributed by atoms with Crippen molar-refractivity contribution >= 4 is 10.0 Å². The summed E-state index contributed by atoms with van der Waals surface area (Å²) >= 11 is 0. The molecule has 0 aliphatic rings. The summed E-state index contributed by atoms with van der Waals surface area (Å²) in [7, 11) is -3.49. The Morgan fingerprint density at radius 1 is 0.867 bits per heavy atom. The number of hydrogen-bond acceptors (Lipinski definition) is 4. The van der Waals surface area contributed by atoms with Gasteiger partial charge in [-0.2, -0.15) is 0 Å². The van der Waals surface area contributed by atoms with Gasteiger partial charge in [-0.15, -0.1) is 0 Å². The van der Waals surface area contributed by atoms with E-state index < -0.39 is 16.1 Å². The molecule has 0 aromatic heterocycles. The predicted molar refractivity (Wildman–Crippen MR) is 122 cm³/mol. The molecule has 2 aromatic rings. The van der Waals surface area contributed by atoms with Crippen molar-refractivity contribution in [2.75, 3.05) is 25.6 Å². The van der Waals surface area contributed by atoms with Crippen LogP contribution < -0.4 is 9.46 Å². The van der Waals surface area contributed by atoms with Crippen LogP contribution >= 0.6 is 0 Å². The summed E-state index contributed by atoms with van der Waals surface area (Å²) < 4.78 is 39.8. The van der Waals surface area contributed by atoms with Gasteiger partial charge in [0.2, 0.25) is 10.0 Å². The standard InChI is InChI=1S/C24H35NO4S/c1-19(2)17-28-14-9-15-30(26,27)25-24(21-10-6-5-7-11-21)22-12-8-13-23(16-22)29-18-20(3)4/h5-8,10-13,16,19-20,24-25H,9,14-15,17-18H2,1-4H3. The van der Waals surface area contributed by atoms with Gasteiger partial charge in [0.25, 0.3) is 0 Å². The van der Waals surface area contributed by atoms with Crippen LogP contribution in [0.2, 0.25) is 0 Å². The van der Waals surface area contributed by atoms with E-state index in [0.717, 1.165) is 16.9 Å². The van der Waals surface area contributed by atoms with Crippen LogP contribution in [0.1, 0.15) is 51.3 Å². The number of sulfonamides is 1. The van der Waals surface area contributed by atoms with Gasteiger partial charge in [0, 0.05) is 13.2 Å². The normalized spacial score (nSPS) is 13.0. The smallest absolute Gasteiger partial charge is 0.212 e. The Morgan fingerprint density at radius 3 is 2.20 bits per heavy atom. The number of hydrogen-bond donors (Lipinski definition) is 1. The molecule has 166 valence electrons. The minimum absolute atomic E-state index is 0.0258. The Hall–Kier alpha value is -1.89. The van der Waals surface area contributed by atoms with Crippen molar-refractivity contribution in [3.05, 3.63) is 65.7 Å². The zero-order valence-corrected chi connectivity index (χ0v) is 19.3. The van der Waals surface area contributed by atoms with Crippen LogP contribution in [0.5, 0.6) is 5.75 Å². The molecule has 1 N–H and O–H groups in total. The molecule has 1 atom stereocenters. The van der Waals surface area contributed by atoms with E-state index in [-0.39, 0.29) is 5.75 Å². The van der Waals surface area contributed by atoms with Gasteiger partial charge in [0.15, 0.2) is 0 Å². The molecule has 30 heavy (non-hydrogen) atoms. The van der Waals surface area contributed by atoms with Gasteiger partial charge in [0.05, 0.1) is 18.4 Å². The third-order valence-electron chi connectivity index (χ3n) is 4.36. The van der Waals surface area contributed by atoms with Crippen molar-refractivity contribution in [3.8, 4) is 5.75 Å². The van der Waals surface area contributed by atoms with Crippen molar-refractivity contribution in [2.24, 2.45) is 11.8 Å². The molecular weight excluding hydrogens is 398 g/mol. The number of ether oxygens (including phenoxy) is 2. The number of nitrogens with one attached hydrogen (secondary N) is 1. The van der Waals surface area contributed by atoms with Crippen molar-refractivity contribution in [1.29, 1.82) is 0 Å². The quantitative estimate of drug-likeness (QED) is 0.461. The van der Waals surface area contributed by atoms with Crippen molar-refractivity contribution in [2.45, 2.75) is 40.2 Å². The Labute approximate surface area is 181 Å². The minimum atomic E-state index is -3.49. The van der Waals surface area contributed by atoms with Crippen LogP contribution in [-0.2, 0) is 14.8 Å². The van der Waals surface area contributed by atoms with E-state index >= 15 is 0 Å². The van der Waals surface area contributed by atoms with Gasteiger partial charge in [-0.05, 0) is 41.5 Å². The highest BCUT2D eigenvalue weighted by atomic mass is 32.2. The van der Waals surface area contributed by atoms with Crippen molar-refractivity contribution < 1.29 is 17.9 Å². The van der Waals surface area contributed by atoms with Crippen LogP contribution in [0, 0.1) is 11.8 Å². The fraction of sp³-hybridized carbons (Fsp3) is 0.500. The Kier molecular flexibility index (Phi) is 9.82. The molecule has 0 aliphatic heterocycles. The third-order valence-corrected chi connectivity index (χ3v) is 5.78. The number of rotatable bonds is 13. The lowest BCUT2D eigenvalue weighted by Crippen LogP contribution is -2.32. The fourth-order valence-electron chi connectivity index (χ4n) is 2.93. The molecule has 0 heterocycles. The molecule has 0 saturated heterocycles. The van der Waals surface area contributed by atoms with E-state index in [1.54, 1.807) is 0 Å². The zero-order valence-electron chi connectivity index (χ0n) is 18.5. The van der Waals surface area contributed by atoms with Crippen LogP contribution in [0.15, 0.2) is 54.6 Å². The fourth-order valence-corrected chi connectivity index (χ4v) is 4.18. The Bertz CT molecular complexity index is 851. The highest BCUT2D eigenvalue weighted by molar-refractivity contribution is 7.89. The predicted octanol–water partition coefficient (Wildman–Crippen LogP) is 4.79. The molecule has 1 unspecified atom stereocenters. The molecule has 2 aromatic carbocycles. The number of benzene rings is 2. The lowest BCUT2D eigenvalue weighted by atomic mass is 9.99. The van der Waals surface area contributed by atoms with E-state index in [0.29, 0.717) is 38.1 Å². The molecule has 5 nitrogen and oxygen atoms in total.